The zero-order valence-electron chi connectivity index (χ0n) is 30.4. The van der Waals surface area contributed by atoms with Crippen LogP contribution < -0.4 is 14.2 Å². The van der Waals surface area contributed by atoms with Gasteiger partial charge in [0.2, 0.25) is 9.84 Å². The molecule has 0 aliphatic heterocycles. The second kappa shape index (κ2) is 19.2. The molecule has 54 heavy (non-hydrogen) atoms. The van der Waals surface area contributed by atoms with E-state index >= 15 is 0 Å². The first-order chi connectivity index (χ1) is 25.5. The molecule has 0 amide bonds. The van der Waals surface area contributed by atoms with Crippen LogP contribution >= 0.6 is 0 Å². The maximum absolute atomic E-state index is 13.2. The van der Waals surface area contributed by atoms with Crippen LogP contribution in [0.15, 0.2) is 94.7 Å². The second-order valence-electron chi connectivity index (χ2n) is 12.5. The molecule has 296 valence electrons. The Kier molecular flexibility index (Phi) is 15.2. The van der Waals surface area contributed by atoms with E-state index in [9.17, 15) is 34.4 Å². The Hall–Kier alpha value is -3.81. The Morgan fingerprint density at radius 3 is 1.35 bits per heavy atom. The van der Waals surface area contributed by atoms with E-state index in [0.717, 1.165) is 17.4 Å². The monoisotopic (exact) mass is 810 g/mol. The summed E-state index contributed by atoms with van der Waals surface area (Å²) in [6.07, 6.45) is -0.120. The van der Waals surface area contributed by atoms with Crippen molar-refractivity contribution in [1.29, 1.82) is 0 Å². The molecule has 3 unspecified atom stereocenters. The predicted octanol–water partition coefficient (Wildman–Crippen LogP) is 6.60. The van der Waals surface area contributed by atoms with E-state index < -0.39 is 42.8 Å². The molecule has 0 heterocycles. The van der Waals surface area contributed by atoms with Crippen LogP contribution in [0, 0.1) is 0 Å². The summed E-state index contributed by atoms with van der Waals surface area (Å²) < 4.78 is 123. The van der Waals surface area contributed by atoms with E-state index in [4.69, 9.17) is 27.3 Å². The van der Waals surface area contributed by atoms with Crippen molar-refractivity contribution in [2.75, 3.05) is 26.4 Å². The molecule has 4 rings (SSSR count). The molecule has 0 radical (unpaired) electrons. The first kappa shape index (κ1) is 42.9. The molecule has 2 N–H and O–H groups in total. The van der Waals surface area contributed by atoms with Crippen molar-refractivity contribution in [2.45, 2.75) is 81.0 Å². The van der Waals surface area contributed by atoms with E-state index in [1.54, 1.807) is 60.7 Å². The van der Waals surface area contributed by atoms with Crippen LogP contribution in [-0.2, 0) is 43.7 Å². The summed E-state index contributed by atoms with van der Waals surface area (Å²) in [5.41, 5.74) is 1.05. The van der Waals surface area contributed by atoms with Crippen molar-refractivity contribution in [3.63, 3.8) is 0 Å². The summed E-state index contributed by atoms with van der Waals surface area (Å²) >= 11 is 0. The molecule has 17 heteroatoms. The number of hydrogen-bond donors (Lipinski definition) is 2. The van der Waals surface area contributed by atoms with Gasteiger partial charge in [0.15, 0.2) is 0 Å². The van der Waals surface area contributed by atoms with E-state index in [0.29, 0.717) is 35.6 Å². The maximum Gasteiger partial charge on any atom is 0.397 e. The molecule has 14 nitrogen and oxygen atoms in total. The molecule has 4 aromatic rings. The highest BCUT2D eigenvalue weighted by atomic mass is 32.3. The quantitative estimate of drug-likeness (QED) is 0.0805. The van der Waals surface area contributed by atoms with Crippen molar-refractivity contribution in [1.82, 2.24) is 0 Å². The van der Waals surface area contributed by atoms with E-state index in [1.165, 1.54) is 24.3 Å². The van der Waals surface area contributed by atoms with Crippen LogP contribution in [0.3, 0.4) is 0 Å². The number of fused-ring (bicyclic) bond motifs is 1. The second-order valence-corrected chi connectivity index (χ2v) is 16.6. The third-order valence-corrected chi connectivity index (χ3v) is 11.4. The molecule has 0 aromatic heterocycles. The molecule has 4 aromatic carbocycles. The highest BCUT2D eigenvalue weighted by molar-refractivity contribution is 7.91. The third-order valence-electron chi connectivity index (χ3n) is 8.54. The molecule has 0 fully saturated rings. The summed E-state index contributed by atoms with van der Waals surface area (Å²) in [5.74, 6) is 1.26. The topological polar surface area (TPSA) is 198 Å². The lowest BCUT2D eigenvalue weighted by Gasteiger charge is -2.20. The number of benzene rings is 4. The van der Waals surface area contributed by atoms with E-state index in [1.807, 2.05) is 13.8 Å². The summed E-state index contributed by atoms with van der Waals surface area (Å²) in [7, 11) is -13.4. The number of hydrogen-bond acceptors (Lipinski definition) is 12. The largest absolute Gasteiger partial charge is 0.491 e. The lowest BCUT2D eigenvalue weighted by atomic mass is 9.99. The SMILES string of the molecule is CCC(CC)OCC(COc1ccc2cc(OCC(COc3ccc(S(=O)(=O)c4ccc(C(C)CC)cc4)cc3)OS(=O)(=O)O)ccc2c1)OS(=O)(=O)O. The molecule has 3 atom stereocenters. The average Bonchev–Trinajstić information content (AvgIpc) is 3.13. The van der Waals surface area contributed by atoms with E-state index in [2.05, 4.69) is 13.8 Å². The zero-order valence-corrected chi connectivity index (χ0v) is 32.8. The Balaban J connectivity index is 1.36. The molecule has 0 spiro atoms. The van der Waals surface area contributed by atoms with Gasteiger partial charge in [-0.25, -0.2) is 16.8 Å². The van der Waals surface area contributed by atoms with Crippen LogP contribution in [0.4, 0.5) is 0 Å². The van der Waals surface area contributed by atoms with Gasteiger partial charge in [-0.3, -0.25) is 9.11 Å². The third kappa shape index (κ3) is 13.2. The minimum atomic E-state index is -4.89. The Morgan fingerprint density at radius 1 is 0.519 bits per heavy atom. The van der Waals surface area contributed by atoms with Gasteiger partial charge >= 0.3 is 20.8 Å². The lowest BCUT2D eigenvalue weighted by Crippen LogP contribution is -2.31. The minimum absolute atomic E-state index is 0.0488. The van der Waals surface area contributed by atoms with E-state index in [-0.39, 0.29) is 48.1 Å². The van der Waals surface area contributed by atoms with Crippen LogP contribution in [0.5, 0.6) is 17.2 Å². The summed E-state index contributed by atoms with van der Waals surface area (Å²) in [6.45, 7) is 6.94. The van der Waals surface area contributed by atoms with Crippen LogP contribution in [0.25, 0.3) is 10.8 Å². The maximum atomic E-state index is 13.2. The summed E-state index contributed by atoms with van der Waals surface area (Å²) in [5, 5.41) is 1.44. The standard InChI is InChI=1S/C37H46O14S3/c1-5-26(4)27-10-16-36(17-11-27)52(38,39)37-18-14-31(15-19-37)47-23-35(51-54(43,44)45)25-49-33-13-9-28-20-32(12-8-29(28)21-33)48-24-34(50-53(40,41)42)22-46-30(6-2)7-3/h8-21,26,30,34-35H,5-7,22-25H2,1-4H3,(H,40,41,42)(H,43,44,45). The molecular formula is C37H46O14S3. The van der Waals surface area contributed by atoms with Gasteiger partial charge in [0.1, 0.15) is 49.3 Å². The highest BCUT2D eigenvalue weighted by Gasteiger charge is 2.23. The van der Waals surface area contributed by atoms with Crippen molar-refractivity contribution in [3.8, 4) is 17.2 Å². The van der Waals surface area contributed by atoms with Crippen molar-refractivity contribution in [3.05, 3.63) is 90.5 Å². The lowest BCUT2D eigenvalue weighted by molar-refractivity contribution is -0.0182. The van der Waals surface area contributed by atoms with Crippen molar-refractivity contribution >= 4 is 41.4 Å². The molecule has 0 aliphatic carbocycles. The molecule has 0 bridgehead atoms. The fourth-order valence-electron chi connectivity index (χ4n) is 5.33. The fourth-order valence-corrected chi connectivity index (χ4v) is 7.50. The van der Waals surface area contributed by atoms with Gasteiger partial charge in [-0.15, -0.1) is 0 Å². The number of ether oxygens (including phenoxy) is 4. The van der Waals surface area contributed by atoms with Crippen molar-refractivity contribution in [2.24, 2.45) is 0 Å². The number of sulfone groups is 1. The summed E-state index contributed by atoms with van der Waals surface area (Å²) in [4.78, 5) is 0.202. The van der Waals surface area contributed by atoms with Crippen molar-refractivity contribution < 1.29 is 61.7 Å². The first-order valence-corrected chi connectivity index (χ1v) is 21.5. The Morgan fingerprint density at radius 2 is 0.926 bits per heavy atom. The molecular weight excluding hydrogens is 765 g/mol. The Labute approximate surface area is 317 Å². The molecule has 0 saturated carbocycles. The zero-order chi connectivity index (χ0) is 39.5. The van der Waals surface area contributed by atoms with Gasteiger partial charge in [-0.2, -0.15) is 16.8 Å². The Bertz CT molecular complexity index is 2130. The highest BCUT2D eigenvalue weighted by Crippen LogP contribution is 2.28. The summed E-state index contributed by atoms with van der Waals surface area (Å²) in [6, 6.07) is 22.4. The molecule has 0 aliphatic rings. The van der Waals surface area contributed by atoms with Crippen LogP contribution in [-0.4, -0.2) is 79.1 Å². The van der Waals surface area contributed by atoms with Gasteiger partial charge in [-0.05, 0) is 102 Å². The minimum Gasteiger partial charge on any atom is -0.491 e. The van der Waals surface area contributed by atoms with Crippen LogP contribution in [0.1, 0.15) is 58.4 Å². The predicted molar refractivity (Wildman–Crippen MR) is 201 cm³/mol. The molecule has 0 saturated heterocycles. The van der Waals surface area contributed by atoms with Crippen LogP contribution in [0.2, 0.25) is 0 Å². The van der Waals surface area contributed by atoms with Gasteiger partial charge < -0.3 is 18.9 Å². The van der Waals surface area contributed by atoms with Gasteiger partial charge in [-0.1, -0.05) is 52.0 Å². The smallest absolute Gasteiger partial charge is 0.397 e. The van der Waals surface area contributed by atoms with Gasteiger partial charge in [0.05, 0.1) is 22.5 Å². The fraction of sp³-hybridized carbons (Fsp3) is 0.405. The van der Waals surface area contributed by atoms with Gasteiger partial charge in [0.25, 0.3) is 0 Å². The normalized spacial score (nSPS) is 14.1. The first-order valence-electron chi connectivity index (χ1n) is 17.3. The van der Waals surface area contributed by atoms with Gasteiger partial charge in [0, 0.05) is 0 Å². The average molecular weight is 811 g/mol. The number of rotatable bonds is 22.